The van der Waals surface area contributed by atoms with E-state index in [1.807, 2.05) is 20.8 Å². The maximum absolute atomic E-state index is 12.2. The molecule has 0 radical (unpaired) electrons. The van der Waals surface area contributed by atoms with Crippen LogP contribution < -0.4 is 0 Å². The molecule has 0 aliphatic heterocycles. The summed E-state index contributed by atoms with van der Waals surface area (Å²) in [5, 5.41) is 18.6. The normalized spacial score (nSPS) is 11.2. The number of hydrogen-bond acceptors (Lipinski definition) is 4. The first-order valence-electron chi connectivity index (χ1n) is 6.49. The summed E-state index contributed by atoms with van der Waals surface area (Å²) in [5.41, 5.74) is -0.249. The average Bonchev–Trinajstić information content (AvgIpc) is 2.40. The Kier molecular flexibility index (Phi) is 4.76. The number of benzene rings is 1. The zero-order valence-electron chi connectivity index (χ0n) is 12.3. The van der Waals surface area contributed by atoms with Crippen LogP contribution >= 0.6 is 0 Å². The molecule has 0 bridgehead atoms. The van der Waals surface area contributed by atoms with E-state index in [9.17, 15) is 19.8 Å². The van der Waals surface area contributed by atoms with Crippen molar-refractivity contribution in [1.82, 2.24) is 4.90 Å². The molecule has 0 heterocycles. The van der Waals surface area contributed by atoms with Gasteiger partial charge >= 0.3 is 0 Å². The number of amides is 1. The van der Waals surface area contributed by atoms with Crippen LogP contribution in [0.4, 0.5) is 0 Å². The van der Waals surface area contributed by atoms with Crippen molar-refractivity contribution >= 4 is 11.7 Å². The largest absolute Gasteiger partial charge is 0.504 e. The number of hydrogen-bond donors (Lipinski definition) is 2. The second kappa shape index (κ2) is 5.94. The van der Waals surface area contributed by atoms with Gasteiger partial charge in [0.2, 0.25) is 5.91 Å². The molecule has 0 aromatic heterocycles. The fourth-order valence-corrected chi connectivity index (χ4v) is 1.74. The van der Waals surface area contributed by atoms with Gasteiger partial charge in [0.15, 0.2) is 17.3 Å². The molecule has 1 aromatic carbocycles. The van der Waals surface area contributed by atoms with E-state index in [2.05, 4.69) is 0 Å². The summed E-state index contributed by atoms with van der Waals surface area (Å²) in [4.78, 5) is 25.6. The zero-order valence-corrected chi connectivity index (χ0v) is 12.3. The van der Waals surface area contributed by atoms with Gasteiger partial charge in [-0.15, -0.1) is 0 Å². The average molecular weight is 279 g/mol. The van der Waals surface area contributed by atoms with Gasteiger partial charge in [0.1, 0.15) is 0 Å². The number of likely N-dealkylation sites (N-methyl/N-ethyl adjacent to an activating group) is 1. The Morgan fingerprint density at radius 2 is 1.80 bits per heavy atom. The second-order valence-electron chi connectivity index (χ2n) is 5.53. The predicted octanol–water partition coefficient (Wildman–Crippen LogP) is 2.18. The summed E-state index contributed by atoms with van der Waals surface area (Å²) < 4.78 is 0. The first-order chi connectivity index (χ1) is 9.19. The fraction of sp³-hybridized carbons (Fsp3) is 0.467. The molecule has 1 aromatic rings. The molecule has 0 aliphatic carbocycles. The summed E-state index contributed by atoms with van der Waals surface area (Å²) in [5.74, 6) is -1.02. The van der Waals surface area contributed by atoms with Gasteiger partial charge < -0.3 is 15.1 Å². The van der Waals surface area contributed by atoms with Crippen LogP contribution in [-0.4, -0.2) is 40.4 Å². The lowest BCUT2D eigenvalue weighted by atomic mass is 9.88. The number of phenols is 2. The number of carbonyl (C=O) groups is 2. The summed E-state index contributed by atoms with van der Waals surface area (Å²) in [7, 11) is 1.58. The number of rotatable bonds is 5. The molecule has 0 saturated carbocycles. The Hall–Kier alpha value is -2.04. The molecule has 1 rings (SSSR count). The van der Waals surface area contributed by atoms with Crippen LogP contribution in [0.2, 0.25) is 0 Å². The molecule has 0 saturated heterocycles. The molecule has 0 spiro atoms. The van der Waals surface area contributed by atoms with Crippen molar-refractivity contribution < 1.29 is 19.8 Å². The first-order valence-corrected chi connectivity index (χ1v) is 6.49. The van der Waals surface area contributed by atoms with Gasteiger partial charge in [-0.25, -0.2) is 0 Å². The molecule has 0 unspecified atom stereocenters. The molecule has 5 heteroatoms. The minimum Gasteiger partial charge on any atom is -0.504 e. The van der Waals surface area contributed by atoms with Gasteiger partial charge in [-0.1, -0.05) is 20.8 Å². The lowest BCUT2D eigenvalue weighted by Crippen LogP contribution is -2.40. The molecule has 0 atom stereocenters. The number of Topliss-reactive ketones (excluding diaryl/α,β-unsaturated/α-hetero) is 1. The highest BCUT2D eigenvalue weighted by Crippen LogP contribution is 2.26. The quantitative estimate of drug-likeness (QED) is 0.639. The van der Waals surface area contributed by atoms with E-state index in [-0.39, 0.29) is 35.3 Å². The highest BCUT2D eigenvalue weighted by atomic mass is 16.3. The lowest BCUT2D eigenvalue weighted by Gasteiger charge is -2.27. The zero-order chi connectivity index (χ0) is 15.5. The number of ketones is 1. The van der Waals surface area contributed by atoms with Crippen LogP contribution in [-0.2, 0) is 4.79 Å². The molecule has 0 aliphatic rings. The van der Waals surface area contributed by atoms with Crippen LogP contribution in [0, 0.1) is 5.41 Å². The standard InChI is InChI=1S/C15H21NO4/c1-5-15(2,3)14(20)16(4)9-13(19)10-6-7-11(17)12(18)8-10/h6-8,17-18H,5,9H2,1-4H3. The Morgan fingerprint density at radius 3 is 2.30 bits per heavy atom. The van der Waals surface area contributed by atoms with Gasteiger partial charge in [0.05, 0.1) is 6.54 Å². The van der Waals surface area contributed by atoms with Gasteiger partial charge in [-0.05, 0) is 24.6 Å². The molecule has 5 nitrogen and oxygen atoms in total. The summed E-state index contributed by atoms with van der Waals surface area (Å²) in [6.45, 7) is 5.53. The number of nitrogens with zero attached hydrogens (tertiary/aromatic N) is 1. The summed E-state index contributed by atoms with van der Waals surface area (Å²) >= 11 is 0. The monoisotopic (exact) mass is 279 g/mol. The Morgan fingerprint density at radius 1 is 1.20 bits per heavy atom. The third kappa shape index (κ3) is 3.50. The molecule has 110 valence electrons. The van der Waals surface area contributed by atoms with Crippen LogP contribution in [0.3, 0.4) is 0 Å². The SMILES string of the molecule is CCC(C)(C)C(=O)N(C)CC(=O)c1ccc(O)c(O)c1. The molecular formula is C15H21NO4. The minimum atomic E-state index is -0.508. The van der Waals surface area contributed by atoms with Crippen LogP contribution in [0.15, 0.2) is 18.2 Å². The number of phenolic OH excluding ortho intramolecular Hbond substituents is 2. The molecular weight excluding hydrogens is 258 g/mol. The Balaban J connectivity index is 2.80. The highest BCUT2D eigenvalue weighted by Gasteiger charge is 2.29. The minimum absolute atomic E-state index is 0.0630. The van der Waals surface area contributed by atoms with Crippen LogP contribution in [0.1, 0.15) is 37.6 Å². The van der Waals surface area contributed by atoms with E-state index in [0.29, 0.717) is 6.42 Å². The fourth-order valence-electron chi connectivity index (χ4n) is 1.74. The van der Waals surface area contributed by atoms with Gasteiger partial charge in [0, 0.05) is 18.0 Å². The molecule has 2 N–H and O–H groups in total. The molecule has 1 amide bonds. The highest BCUT2D eigenvalue weighted by molar-refractivity contribution is 6.00. The smallest absolute Gasteiger partial charge is 0.228 e. The van der Waals surface area contributed by atoms with Crippen molar-refractivity contribution in [2.24, 2.45) is 5.41 Å². The van der Waals surface area contributed by atoms with E-state index < -0.39 is 5.41 Å². The second-order valence-corrected chi connectivity index (χ2v) is 5.53. The van der Waals surface area contributed by atoms with Crippen molar-refractivity contribution in [1.29, 1.82) is 0 Å². The van der Waals surface area contributed by atoms with E-state index in [1.165, 1.54) is 23.1 Å². The third-order valence-corrected chi connectivity index (χ3v) is 3.49. The van der Waals surface area contributed by atoms with Crippen molar-refractivity contribution in [3.63, 3.8) is 0 Å². The number of aromatic hydroxyl groups is 2. The van der Waals surface area contributed by atoms with Crippen molar-refractivity contribution in [2.75, 3.05) is 13.6 Å². The van der Waals surface area contributed by atoms with E-state index in [4.69, 9.17) is 0 Å². The first kappa shape index (κ1) is 16.0. The maximum Gasteiger partial charge on any atom is 0.228 e. The van der Waals surface area contributed by atoms with Crippen molar-refractivity contribution in [3.8, 4) is 11.5 Å². The Labute approximate surface area is 118 Å². The van der Waals surface area contributed by atoms with E-state index >= 15 is 0 Å². The van der Waals surface area contributed by atoms with Crippen molar-refractivity contribution in [2.45, 2.75) is 27.2 Å². The van der Waals surface area contributed by atoms with Crippen molar-refractivity contribution in [3.05, 3.63) is 23.8 Å². The topological polar surface area (TPSA) is 77.8 Å². The summed E-state index contributed by atoms with van der Waals surface area (Å²) in [6, 6.07) is 3.86. The molecule has 0 fully saturated rings. The maximum atomic E-state index is 12.2. The van der Waals surface area contributed by atoms with Gasteiger partial charge in [0.25, 0.3) is 0 Å². The van der Waals surface area contributed by atoms with Gasteiger partial charge in [-0.2, -0.15) is 0 Å². The number of carbonyl (C=O) groups excluding carboxylic acids is 2. The molecule has 20 heavy (non-hydrogen) atoms. The predicted molar refractivity (Wildman–Crippen MR) is 75.8 cm³/mol. The van der Waals surface area contributed by atoms with Gasteiger partial charge in [-0.3, -0.25) is 9.59 Å². The summed E-state index contributed by atoms with van der Waals surface area (Å²) in [6.07, 6.45) is 0.685. The van der Waals surface area contributed by atoms with Crippen LogP contribution in [0.25, 0.3) is 0 Å². The van der Waals surface area contributed by atoms with Crippen LogP contribution in [0.5, 0.6) is 11.5 Å². The lowest BCUT2D eigenvalue weighted by molar-refractivity contribution is -0.138. The Bertz CT molecular complexity index is 523. The van der Waals surface area contributed by atoms with E-state index in [1.54, 1.807) is 7.05 Å². The third-order valence-electron chi connectivity index (χ3n) is 3.49. The van der Waals surface area contributed by atoms with E-state index in [0.717, 1.165) is 0 Å².